The molecule has 1 amide bonds. The Morgan fingerprint density at radius 3 is 2.53 bits per heavy atom. The van der Waals surface area contributed by atoms with Crippen LogP contribution in [-0.4, -0.2) is 22.8 Å². The summed E-state index contributed by atoms with van der Waals surface area (Å²) in [5, 5.41) is 12.8. The highest BCUT2D eigenvalue weighted by Crippen LogP contribution is 2.32. The molecule has 0 saturated heterocycles. The number of carboxylic acid groups (broad SMARTS) is 1. The number of aromatic carboxylic acids is 1. The summed E-state index contributed by atoms with van der Waals surface area (Å²) >= 11 is 6.72. The van der Waals surface area contributed by atoms with E-state index in [2.05, 4.69) is 5.32 Å². The Morgan fingerprint density at radius 1 is 1.47 bits per heavy atom. The van der Waals surface area contributed by atoms with E-state index in [1.54, 1.807) is 20.8 Å². The molecule has 1 heterocycles. The number of amides is 1. The van der Waals surface area contributed by atoms with E-state index in [-0.39, 0.29) is 15.6 Å². The summed E-state index contributed by atoms with van der Waals surface area (Å²) in [4.78, 5) is 22.3. The minimum absolute atomic E-state index is 0.0270. The number of carboxylic acids is 1. The zero-order chi connectivity index (χ0) is 13.2. The normalized spacial score (nSPS) is 11.1. The van der Waals surface area contributed by atoms with Gasteiger partial charge in [-0.25, -0.2) is 9.59 Å². The van der Waals surface area contributed by atoms with E-state index >= 15 is 0 Å². The van der Waals surface area contributed by atoms with E-state index in [1.807, 2.05) is 0 Å². The Morgan fingerprint density at radius 2 is 2.06 bits per heavy atom. The molecule has 1 rings (SSSR count). The van der Waals surface area contributed by atoms with Crippen LogP contribution in [0, 0.1) is 0 Å². The van der Waals surface area contributed by atoms with Crippen LogP contribution in [0.2, 0.25) is 5.02 Å². The van der Waals surface area contributed by atoms with E-state index in [0.29, 0.717) is 0 Å². The monoisotopic (exact) mass is 277 g/mol. The van der Waals surface area contributed by atoms with Crippen LogP contribution in [0.3, 0.4) is 0 Å². The summed E-state index contributed by atoms with van der Waals surface area (Å²) in [6.45, 7) is 5.12. The second kappa shape index (κ2) is 4.93. The van der Waals surface area contributed by atoms with Gasteiger partial charge >= 0.3 is 12.1 Å². The molecule has 0 aromatic carbocycles. The maximum atomic E-state index is 11.5. The highest BCUT2D eigenvalue weighted by atomic mass is 35.5. The molecule has 0 unspecified atom stereocenters. The fourth-order valence-corrected chi connectivity index (χ4v) is 2.07. The number of carbonyl (C=O) groups is 2. The Bertz CT molecular complexity index is 450. The minimum atomic E-state index is -1.15. The van der Waals surface area contributed by atoms with Gasteiger partial charge in [-0.3, -0.25) is 5.32 Å². The Labute approximate surface area is 107 Å². The molecule has 0 bridgehead atoms. The van der Waals surface area contributed by atoms with Crippen molar-refractivity contribution in [2.75, 3.05) is 5.32 Å². The summed E-state index contributed by atoms with van der Waals surface area (Å²) in [6, 6.07) is 0. The molecule has 0 radical (unpaired) electrons. The molecule has 0 fully saturated rings. The van der Waals surface area contributed by atoms with Gasteiger partial charge in [-0.2, -0.15) is 0 Å². The zero-order valence-corrected chi connectivity index (χ0v) is 11.1. The molecular formula is C10H12ClNO4S. The van der Waals surface area contributed by atoms with Crippen molar-refractivity contribution in [3.8, 4) is 0 Å². The van der Waals surface area contributed by atoms with Gasteiger partial charge in [0.05, 0.1) is 10.7 Å². The molecule has 7 heteroatoms. The average Bonchev–Trinajstić information content (AvgIpc) is 2.44. The first-order valence-electron chi connectivity index (χ1n) is 4.71. The highest BCUT2D eigenvalue weighted by Gasteiger charge is 2.21. The Hall–Kier alpha value is -1.27. The summed E-state index contributed by atoms with van der Waals surface area (Å²) < 4.78 is 5.00. The second-order valence-corrected chi connectivity index (χ2v) is 5.51. The van der Waals surface area contributed by atoms with Gasteiger partial charge in [0.1, 0.15) is 10.5 Å². The molecule has 2 N–H and O–H groups in total. The molecule has 0 spiro atoms. The molecule has 0 atom stereocenters. The number of ether oxygens (including phenoxy) is 1. The lowest BCUT2D eigenvalue weighted by Gasteiger charge is -2.19. The smallest absolute Gasteiger partial charge is 0.412 e. The van der Waals surface area contributed by atoms with Crippen molar-refractivity contribution in [3.05, 3.63) is 15.3 Å². The number of carbonyl (C=O) groups excluding carboxylic acids is 1. The van der Waals surface area contributed by atoms with Gasteiger partial charge in [0.25, 0.3) is 0 Å². The van der Waals surface area contributed by atoms with Gasteiger partial charge < -0.3 is 9.84 Å². The zero-order valence-electron chi connectivity index (χ0n) is 9.54. The number of hydrogen-bond donors (Lipinski definition) is 2. The summed E-state index contributed by atoms with van der Waals surface area (Å²) in [5.41, 5.74) is -0.589. The maximum absolute atomic E-state index is 11.5. The van der Waals surface area contributed by atoms with Gasteiger partial charge in [-0.15, -0.1) is 11.3 Å². The summed E-state index contributed by atoms with van der Waals surface area (Å²) in [7, 11) is 0. The highest BCUT2D eigenvalue weighted by molar-refractivity contribution is 7.13. The van der Waals surface area contributed by atoms with Crippen molar-refractivity contribution in [2.24, 2.45) is 0 Å². The largest absolute Gasteiger partial charge is 0.477 e. The van der Waals surface area contributed by atoms with Crippen molar-refractivity contribution >= 4 is 40.7 Å². The summed E-state index contributed by atoms with van der Waals surface area (Å²) in [6.07, 6.45) is -0.736. The molecule has 1 aromatic heterocycles. The van der Waals surface area contributed by atoms with Gasteiger partial charge in [-0.1, -0.05) is 11.6 Å². The minimum Gasteiger partial charge on any atom is -0.477 e. The number of rotatable bonds is 2. The van der Waals surface area contributed by atoms with E-state index in [1.165, 1.54) is 5.38 Å². The molecule has 1 aromatic rings. The molecule has 94 valence electrons. The molecular weight excluding hydrogens is 266 g/mol. The van der Waals surface area contributed by atoms with Crippen LogP contribution < -0.4 is 5.32 Å². The van der Waals surface area contributed by atoms with Gasteiger partial charge in [0.15, 0.2) is 0 Å². The standard InChI is InChI=1S/C10H12ClNO4S/c1-10(2,3)16-9(15)12-6-5(11)4-17-7(6)8(13)14/h4H,1-3H3,(H,12,15)(H,13,14). The van der Waals surface area contributed by atoms with Crippen LogP contribution in [0.1, 0.15) is 30.4 Å². The molecule has 17 heavy (non-hydrogen) atoms. The van der Waals surface area contributed by atoms with Gasteiger partial charge in [-0.05, 0) is 20.8 Å². The first-order chi connectivity index (χ1) is 7.70. The lowest BCUT2D eigenvalue weighted by atomic mass is 10.2. The summed E-state index contributed by atoms with van der Waals surface area (Å²) in [5.74, 6) is -1.15. The lowest BCUT2D eigenvalue weighted by molar-refractivity contribution is 0.0636. The fraction of sp³-hybridized carbons (Fsp3) is 0.400. The average molecular weight is 278 g/mol. The van der Waals surface area contributed by atoms with Crippen molar-refractivity contribution in [2.45, 2.75) is 26.4 Å². The van der Waals surface area contributed by atoms with Crippen molar-refractivity contribution < 1.29 is 19.4 Å². The SMILES string of the molecule is CC(C)(C)OC(=O)Nc1c(Cl)csc1C(=O)O. The van der Waals surface area contributed by atoms with Gasteiger partial charge in [0.2, 0.25) is 0 Å². The molecule has 0 aliphatic rings. The third kappa shape index (κ3) is 3.90. The van der Waals surface area contributed by atoms with Crippen molar-refractivity contribution in [1.29, 1.82) is 0 Å². The van der Waals surface area contributed by atoms with Crippen LogP contribution >= 0.6 is 22.9 Å². The lowest BCUT2D eigenvalue weighted by Crippen LogP contribution is -2.27. The van der Waals surface area contributed by atoms with E-state index in [9.17, 15) is 9.59 Å². The topological polar surface area (TPSA) is 75.6 Å². The number of hydrogen-bond acceptors (Lipinski definition) is 4. The predicted molar refractivity (Wildman–Crippen MR) is 66.1 cm³/mol. The van der Waals surface area contributed by atoms with Crippen molar-refractivity contribution in [3.63, 3.8) is 0 Å². The van der Waals surface area contributed by atoms with Crippen LogP contribution in [0.15, 0.2) is 5.38 Å². The van der Waals surface area contributed by atoms with Crippen LogP contribution in [0.5, 0.6) is 0 Å². The maximum Gasteiger partial charge on any atom is 0.412 e. The fourth-order valence-electron chi connectivity index (χ4n) is 1.02. The first kappa shape index (κ1) is 13.8. The number of halogens is 1. The van der Waals surface area contributed by atoms with Crippen LogP contribution in [-0.2, 0) is 4.74 Å². The first-order valence-corrected chi connectivity index (χ1v) is 5.97. The van der Waals surface area contributed by atoms with Crippen molar-refractivity contribution in [1.82, 2.24) is 0 Å². The van der Waals surface area contributed by atoms with Gasteiger partial charge in [0, 0.05) is 5.38 Å². The van der Waals surface area contributed by atoms with E-state index in [0.717, 1.165) is 11.3 Å². The van der Waals surface area contributed by atoms with Crippen LogP contribution in [0.25, 0.3) is 0 Å². The molecule has 0 saturated carbocycles. The van der Waals surface area contributed by atoms with E-state index < -0.39 is 17.7 Å². The second-order valence-electron chi connectivity index (χ2n) is 4.22. The van der Waals surface area contributed by atoms with E-state index in [4.69, 9.17) is 21.4 Å². The number of nitrogens with one attached hydrogen (secondary N) is 1. The van der Waals surface area contributed by atoms with Crippen LogP contribution in [0.4, 0.5) is 10.5 Å². The molecule has 5 nitrogen and oxygen atoms in total. The number of anilines is 1. The predicted octanol–water partition coefficient (Wildman–Crippen LogP) is 3.45. The number of thiophene rings is 1. The molecule has 0 aliphatic carbocycles. The molecule has 0 aliphatic heterocycles. The quantitative estimate of drug-likeness (QED) is 0.868. The Kier molecular flexibility index (Phi) is 4.00. The third-order valence-corrected chi connectivity index (χ3v) is 2.96. The Balaban J connectivity index is 2.85. The third-order valence-electron chi connectivity index (χ3n) is 1.57.